The highest BCUT2D eigenvalue weighted by atomic mass is 79.9. The number of ether oxygens (including phenoxy) is 2. The molecule has 2 atom stereocenters. The number of nitrogens with zero attached hydrogens (tertiary/aromatic N) is 1. The number of piperidine rings is 1. The zero-order valence-electron chi connectivity index (χ0n) is 16.3. The van der Waals surface area contributed by atoms with E-state index in [1.54, 1.807) is 19.2 Å². The number of nitrogens with one attached hydrogen (secondary N) is 1. The zero-order chi connectivity index (χ0) is 19.8. The van der Waals surface area contributed by atoms with Gasteiger partial charge >= 0.3 is 6.09 Å². The van der Waals surface area contributed by atoms with Gasteiger partial charge < -0.3 is 19.7 Å². The van der Waals surface area contributed by atoms with Gasteiger partial charge in [-0.2, -0.15) is 0 Å². The monoisotopic (exact) mass is 438 g/mol. The SMILES string of the molecule is COc1ccc(Br)c(C(=O)NC2CC3CCC(C2)N3C(=O)OC(C)(C)C)c1. The lowest BCUT2D eigenvalue weighted by Crippen LogP contribution is -2.53. The number of methoxy groups -OCH3 is 1. The molecule has 2 aliphatic heterocycles. The Bertz CT molecular complexity index is 717. The molecule has 2 unspecified atom stereocenters. The second-order valence-corrected chi connectivity index (χ2v) is 9.11. The number of benzene rings is 1. The fourth-order valence-electron chi connectivity index (χ4n) is 3.98. The fourth-order valence-corrected chi connectivity index (χ4v) is 4.40. The Morgan fingerprint density at radius 3 is 2.37 bits per heavy atom. The quantitative estimate of drug-likeness (QED) is 0.770. The van der Waals surface area contributed by atoms with Crippen LogP contribution in [0.1, 0.15) is 56.8 Å². The van der Waals surface area contributed by atoms with Crippen molar-refractivity contribution in [3.05, 3.63) is 28.2 Å². The van der Waals surface area contributed by atoms with Crippen molar-refractivity contribution in [2.45, 2.75) is 70.2 Å². The Morgan fingerprint density at radius 1 is 1.19 bits per heavy atom. The summed E-state index contributed by atoms with van der Waals surface area (Å²) in [5.74, 6) is 0.513. The maximum absolute atomic E-state index is 12.7. The van der Waals surface area contributed by atoms with E-state index in [0.29, 0.717) is 11.3 Å². The van der Waals surface area contributed by atoms with Crippen LogP contribution < -0.4 is 10.1 Å². The minimum absolute atomic E-state index is 0.0480. The molecule has 2 amide bonds. The Labute approximate surface area is 168 Å². The average molecular weight is 439 g/mol. The molecule has 1 aromatic carbocycles. The predicted molar refractivity (Wildman–Crippen MR) is 106 cm³/mol. The van der Waals surface area contributed by atoms with Gasteiger partial charge in [-0.15, -0.1) is 0 Å². The van der Waals surface area contributed by atoms with Crippen LogP contribution in [0.25, 0.3) is 0 Å². The molecule has 0 aliphatic carbocycles. The molecule has 3 rings (SSSR count). The first-order chi connectivity index (χ1) is 12.7. The van der Waals surface area contributed by atoms with Crippen molar-refractivity contribution in [2.24, 2.45) is 0 Å². The molecule has 2 bridgehead atoms. The zero-order valence-corrected chi connectivity index (χ0v) is 17.8. The van der Waals surface area contributed by atoms with Gasteiger partial charge in [-0.25, -0.2) is 4.79 Å². The fraction of sp³-hybridized carbons (Fsp3) is 0.600. The van der Waals surface area contributed by atoms with Crippen LogP contribution in [0.5, 0.6) is 5.75 Å². The minimum atomic E-state index is -0.500. The highest BCUT2D eigenvalue weighted by Gasteiger charge is 2.45. The van der Waals surface area contributed by atoms with Gasteiger partial charge in [0.05, 0.1) is 12.7 Å². The highest BCUT2D eigenvalue weighted by Crippen LogP contribution is 2.37. The summed E-state index contributed by atoms with van der Waals surface area (Å²) in [6.07, 6.45) is 3.18. The van der Waals surface area contributed by atoms with Gasteiger partial charge in [0.15, 0.2) is 0 Å². The number of hydrogen-bond acceptors (Lipinski definition) is 4. The van der Waals surface area contributed by atoms with Crippen molar-refractivity contribution < 1.29 is 19.1 Å². The number of rotatable bonds is 3. The Balaban J connectivity index is 1.65. The summed E-state index contributed by atoms with van der Waals surface area (Å²) < 4.78 is 11.5. The van der Waals surface area contributed by atoms with Crippen LogP contribution in [0.3, 0.4) is 0 Å². The molecule has 6 nitrogen and oxygen atoms in total. The lowest BCUT2D eigenvalue weighted by Gasteiger charge is -2.39. The number of halogens is 1. The van der Waals surface area contributed by atoms with Gasteiger partial charge in [-0.3, -0.25) is 4.79 Å². The summed E-state index contributed by atoms with van der Waals surface area (Å²) in [5.41, 5.74) is 0.0523. The van der Waals surface area contributed by atoms with Crippen LogP contribution in [0.2, 0.25) is 0 Å². The van der Waals surface area contributed by atoms with E-state index in [4.69, 9.17) is 9.47 Å². The summed E-state index contributed by atoms with van der Waals surface area (Å²) >= 11 is 3.43. The molecule has 0 radical (unpaired) electrons. The highest BCUT2D eigenvalue weighted by molar-refractivity contribution is 9.10. The topological polar surface area (TPSA) is 67.9 Å². The minimum Gasteiger partial charge on any atom is -0.497 e. The van der Waals surface area contributed by atoms with Crippen molar-refractivity contribution in [1.29, 1.82) is 0 Å². The maximum atomic E-state index is 12.7. The van der Waals surface area contributed by atoms with E-state index in [0.717, 1.165) is 30.2 Å². The van der Waals surface area contributed by atoms with Gasteiger partial charge in [0, 0.05) is 22.6 Å². The van der Waals surface area contributed by atoms with E-state index in [-0.39, 0.29) is 30.1 Å². The van der Waals surface area contributed by atoms with Crippen molar-refractivity contribution in [3.8, 4) is 5.75 Å². The first-order valence-corrected chi connectivity index (χ1v) is 10.1. The van der Waals surface area contributed by atoms with Crippen LogP contribution in [-0.2, 0) is 4.74 Å². The van der Waals surface area contributed by atoms with Crippen molar-refractivity contribution >= 4 is 27.9 Å². The largest absolute Gasteiger partial charge is 0.497 e. The summed E-state index contributed by atoms with van der Waals surface area (Å²) in [4.78, 5) is 27.2. The smallest absolute Gasteiger partial charge is 0.410 e. The standard InChI is InChI=1S/C20H27BrN2O4/c1-20(2,3)27-19(25)23-13-5-6-14(23)10-12(9-13)22-18(24)16-11-15(26-4)7-8-17(16)21/h7-8,11-14H,5-6,9-10H2,1-4H3,(H,22,24). The summed E-state index contributed by atoms with van der Waals surface area (Å²) in [6, 6.07) is 5.63. The molecular weight excluding hydrogens is 412 g/mol. The molecule has 2 fully saturated rings. The molecule has 1 N–H and O–H groups in total. The second-order valence-electron chi connectivity index (χ2n) is 8.26. The number of amides is 2. The number of carbonyl (C=O) groups excluding carboxylic acids is 2. The molecule has 0 saturated carbocycles. The van der Waals surface area contributed by atoms with E-state index in [2.05, 4.69) is 21.2 Å². The number of hydrogen-bond donors (Lipinski definition) is 1. The molecule has 0 spiro atoms. The Hall–Kier alpha value is -1.76. The lowest BCUT2D eigenvalue weighted by atomic mass is 9.97. The van der Waals surface area contributed by atoms with Crippen LogP contribution in [0.15, 0.2) is 22.7 Å². The third kappa shape index (κ3) is 4.57. The molecule has 2 heterocycles. The first-order valence-electron chi connectivity index (χ1n) is 9.33. The maximum Gasteiger partial charge on any atom is 0.410 e. The van der Waals surface area contributed by atoms with Crippen LogP contribution >= 0.6 is 15.9 Å². The molecule has 0 aromatic heterocycles. The summed E-state index contributed by atoms with van der Waals surface area (Å²) in [5, 5.41) is 3.13. The van der Waals surface area contributed by atoms with Gasteiger partial charge in [0.25, 0.3) is 5.91 Å². The van der Waals surface area contributed by atoms with Crippen molar-refractivity contribution in [1.82, 2.24) is 10.2 Å². The molecule has 2 saturated heterocycles. The molecule has 2 aliphatic rings. The van der Waals surface area contributed by atoms with E-state index in [1.165, 1.54) is 0 Å². The predicted octanol–water partition coefficient (Wildman–Crippen LogP) is 4.12. The summed E-state index contributed by atoms with van der Waals surface area (Å²) in [6.45, 7) is 5.64. The number of fused-ring (bicyclic) bond motifs is 2. The number of carbonyl (C=O) groups is 2. The third-order valence-corrected chi connectivity index (χ3v) is 5.78. The third-order valence-electron chi connectivity index (χ3n) is 5.09. The van der Waals surface area contributed by atoms with E-state index in [1.807, 2.05) is 31.7 Å². The molecule has 27 heavy (non-hydrogen) atoms. The lowest BCUT2D eigenvalue weighted by molar-refractivity contribution is 0.00500. The van der Waals surface area contributed by atoms with Crippen LogP contribution in [0, 0.1) is 0 Å². The van der Waals surface area contributed by atoms with Crippen LogP contribution in [-0.4, -0.2) is 47.7 Å². The van der Waals surface area contributed by atoms with Gasteiger partial charge in [-0.1, -0.05) is 0 Å². The van der Waals surface area contributed by atoms with Gasteiger partial charge in [-0.05, 0) is 80.6 Å². The van der Waals surface area contributed by atoms with Crippen LogP contribution in [0.4, 0.5) is 4.79 Å². The van der Waals surface area contributed by atoms with Crippen molar-refractivity contribution in [3.63, 3.8) is 0 Å². The molecule has 1 aromatic rings. The van der Waals surface area contributed by atoms with E-state index in [9.17, 15) is 9.59 Å². The first kappa shape index (κ1) is 20.0. The van der Waals surface area contributed by atoms with Crippen molar-refractivity contribution in [2.75, 3.05) is 7.11 Å². The molecule has 148 valence electrons. The second kappa shape index (κ2) is 7.70. The van der Waals surface area contributed by atoms with E-state index >= 15 is 0 Å². The average Bonchev–Trinajstić information content (AvgIpc) is 2.85. The Kier molecular flexibility index (Phi) is 5.70. The van der Waals surface area contributed by atoms with Gasteiger partial charge in [0.2, 0.25) is 0 Å². The summed E-state index contributed by atoms with van der Waals surface area (Å²) in [7, 11) is 1.58. The Morgan fingerprint density at radius 2 is 1.81 bits per heavy atom. The van der Waals surface area contributed by atoms with Gasteiger partial charge in [0.1, 0.15) is 11.4 Å². The molecule has 7 heteroatoms. The normalized spacial score (nSPS) is 24.5. The van der Waals surface area contributed by atoms with E-state index < -0.39 is 5.60 Å². The molecular formula is C20H27BrN2O4.